The number of amides is 1. The normalized spacial score (nSPS) is 10.3. The minimum absolute atomic E-state index is 0.136. The van der Waals surface area contributed by atoms with E-state index in [-0.39, 0.29) is 12.5 Å². The molecule has 0 saturated heterocycles. The molecule has 0 radical (unpaired) electrons. The van der Waals surface area contributed by atoms with Gasteiger partial charge in [0.2, 0.25) is 0 Å². The summed E-state index contributed by atoms with van der Waals surface area (Å²) in [6, 6.07) is 1.56. The van der Waals surface area contributed by atoms with Crippen LogP contribution in [0.15, 0.2) is 12.3 Å². The van der Waals surface area contributed by atoms with E-state index in [1.807, 2.05) is 13.8 Å². The summed E-state index contributed by atoms with van der Waals surface area (Å²) >= 11 is 0. The van der Waals surface area contributed by atoms with Crippen molar-refractivity contribution < 1.29 is 14.7 Å². The van der Waals surface area contributed by atoms with E-state index in [0.717, 1.165) is 12.8 Å². The molecule has 0 unspecified atom stereocenters. The third-order valence-electron chi connectivity index (χ3n) is 2.43. The average molecular weight is 253 g/mol. The number of rotatable bonds is 7. The van der Waals surface area contributed by atoms with Crippen LogP contribution in [0.5, 0.6) is 0 Å². The molecule has 0 atom stereocenters. The number of aromatic nitrogens is 2. The van der Waals surface area contributed by atoms with Gasteiger partial charge in [-0.05, 0) is 18.9 Å². The van der Waals surface area contributed by atoms with Gasteiger partial charge in [-0.25, -0.2) is 0 Å². The molecule has 1 aromatic heterocycles. The molecule has 0 aliphatic heterocycles. The van der Waals surface area contributed by atoms with Crippen molar-refractivity contribution in [1.82, 2.24) is 14.7 Å². The molecule has 0 spiro atoms. The molecular formula is C12H19N3O3. The Bertz CT molecular complexity index is 408. The van der Waals surface area contributed by atoms with Gasteiger partial charge in [-0.1, -0.05) is 13.8 Å². The number of aliphatic carboxylic acids is 1. The molecular weight excluding hydrogens is 234 g/mol. The number of carboxylic acids is 1. The Morgan fingerprint density at radius 2 is 1.94 bits per heavy atom. The smallest absolute Gasteiger partial charge is 0.325 e. The summed E-state index contributed by atoms with van der Waals surface area (Å²) in [6.07, 6.45) is 3.29. The second-order valence-corrected chi connectivity index (χ2v) is 4.08. The second kappa shape index (κ2) is 6.78. The Labute approximate surface area is 106 Å². The predicted octanol–water partition coefficient (Wildman–Crippen LogP) is 1.23. The van der Waals surface area contributed by atoms with Crippen molar-refractivity contribution in [3.63, 3.8) is 0 Å². The quantitative estimate of drug-likeness (QED) is 0.793. The number of carbonyl (C=O) groups is 2. The van der Waals surface area contributed by atoms with Crippen molar-refractivity contribution in [2.45, 2.75) is 33.2 Å². The van der Waals surface area contributed by atoms with Crippen LogP contribution in [0.2, 0.25) is 0 Å². The number of nitrogens with zero attached hydrogens (tertiary/aromatic N) is 3. The molecule has 0 saturated carbocycles. The summed E-state index contributed by atoms with van der Waals surface area (Å²) in [5.74, 6) is -1.11. The van der Waals surface area contributed by atoms with Gasteiger partial charge >= 0.3 is 5.97 Å². The van der Waals surface area contributed by atoms with Crippen LogP contribution in [0, 0.1) is 0 Å². The maximum Gasteiger partial charge on any atom is 0.325 e. The van der Waals surface area contributed by atoms with Crippen LogP contribution in [0.3, 0.4) is 0 Å². The SMILES string of the molecule is CCCN(CCC)C(=O)c1ccn(CC(=O)O)n1. The molecule has 6 heteroatoms. The van der Waals surface area contributed by atoms with Gasteiger partial charge < -0.3 is 10.0 Å². The summed E-state index contributed by atoms with van der Waals surface area (Å²) in [6.45, 7) is 5.18. The first-order valence-electron chi connectivity index (χ1n) is 6.13. The van der Waals surface area contributed by atoms with E-state index in [0.29, 0.717) is 18.8 Å². The van der Waals surface area contributed by atoms with Crippen LogP contribution < -0.4 is 0 Å². The maximum atomic E-state index is 12.1. The summed E-state index contributed by atoms with van der Waals surface area (Å²) in [5.41, 5.74) is 0.304. The maximum absolute atomic E-state index is 12.1. The second-order valence-electron chi connectivity index (χ2n) is 4.08. The highest BCUT2D eigenvalue weighted by atomic mass is 16.4. The molecule has 0 fully saturated rings. The molecule has 1 rings (SSSR count). The lowest BCUT2D eigenvalue weighted by Gasteiger charge is -2.20. The first kappa shape index (κ1) is 14.2. The van der Waals surface area contributed by atoms with E-state index < -0.39 is 5.97 Å². The lowest BCUT2D eigenvalue weighted by atomic mass is 10.3. The minimum atomic E-state index is -0.976. The van der Waals surface area contributed by atoms with Gasteiger partial charge in [0, 0.05) is 19.3 Å². The Balaban J connectivity index is 2.74. The third-order valence-corrected chi connectivity index (χ3v) is 2.43. The van der Waals surface area contributed by atoms with Crippen LogP contribution in [0.25, 0.3) is 0 Å². The van der Waals surface area contributed by atoms with Crippen molar-refractivity contribution in [1.29, 1.82) is 0 Å². The molecule has 0 aliphatic carbocycles. The van der Waals surface area contributed by atoms with E-state index in [9.17, 15) is 9.59 Å². The van der Waals surface area contributed by atoms with Gasteiger partial charge in [0.15, 0.2) is 0 Å². The van der Waals surface area contributed by atoms with Gasteiger partial charge in [-0.3, -0.25) is 14.3 Å². The molecule has 1 aromatic rings. The Hall–Kier alpha value is -1.85. The lowest BCUT2D eigenvalue weighted by Crippen LogP contribution is -2.32. The van der Waals surface area contributed by atoms with Crippen LogP contribution in [-0.2, 0) is 11.3 Å². The molecule has 0 aromatic carbocycles. The topological polar surface area (TPSA) is 75.4 Å². The minimum Gasteiger partial charge on any atom is -0.480 e. The van der Waals surface area contributed by atoms with E-state index in [1.54, 1.807) is 11.0 Å². The van der Waals surface area contributed by atoms with Gasteiger partial charge in [0.25, 0.3) is 5.91 Å². The lowest BCUT2D eigenvalue weighted by molar-refractivity contribution is -0.137. The van der Waals surface area contributed by atoms with Crippen LogP contribution >= 0.6 is 0 Å². The van der Waals surface area contributed by atoms with E-state index in [2.05, 4.69) is 5.10 Å². The fourth-order valence-electron chi connectivity index (χ4n) is 1.72. The van der Waals surface area contributed by atoms with Crippen LogP contribution in [0.1, 0.15) is 37.2 Å². The van der Waals surface area contributed by atoms with E-state index >= 15 is 0 Å². The van der Waals surface area contributed by atoms with Crippen molar-refractivity contribution in [3.8, 4) is 0 Å². The van der Waals surface area contributed by atoms with Gasteiger partial charge in [-0.15, -0.1) is 0 Å². The Morgan fingerprint density at radius 1 is 1.33 bits per heavy atom. The first-order valence-corrected chi connectivity index (χ1v) is 6.13. The first-order chi connectivity index (χ1) is 8.58. The van der Waals surface area contributed by atoms with E-state index in [1.165, 1.54) is 10.9 Å². The van der Waals surface area contributed by atoms with Gasteiger partial charge in [-0.2, -0.15) is 5.10 Å². The van der Waals surface area contributed by atoms with Crippen molar-refractivity contribution >= 4 is 11.9 Å². The fourth-order valence-corrected chi connectivity index (χ4v) is 1.72. The molecule has 1 heterocycles. The Kier molecular flexibility index (Phi) is 5.35. The predicted molar refractivity (Wildman–Crippen MR) is 66.3 cm³/mol. The number of carboxylic acid groups (broad SMARTS) is 1. The number of carbonyl (C=O) groups excluding carboxylic acids is 1. The molecule has 1 amide bonds. The van der Waals surface area contributed by atoms with Crippen molar-refractivity contribution in [2.24, 2.45) is 0 Å². The van der Waals surface area contributed by atoms with Crippen molar-refractivity contribution in [3.05, 3.63) is 18.0 Å². The molecule has 0 bridgehead atoms. The Morgan fingerprint density at radius 3 is 2.44 bits per heavy atom. The summed E-state index contributed by atoms with van der Waals surface area (Å²) in [4.78, 5) is 24.4. The standard InChI is InChI=1S/C12H19N3O3/c1-3-6-14(7-4-2)12(18)10-5-8-15(13-10)9-11(16)17/h5,8H,3-4,6-7,9H2,1-2H3,(H,16,17). The van der Waals surface area contributed by atoms with Gasteiger partial charge in [0.05, 0.1) is 0 Å². The average Bonchev–Trinajstić information content (AvgIpc) is 2.75. The van der Waals surface area contributed by atoms with Crippen LogP contribution in [-0.4, -0.2) is 44.8 Å². The highest BCUT2D eigenvalue weighted by molar-refractivity contribution is 5.92. The zero-order chi connectivity index (χ0) is 13.5. The highest BCUT2D eigenvalue weighted by Crippen LogP contribution is 2.04. The monoisotopic (exact) mass is 253 g/mol. The molecule has 1 N–H and O–H groups in total. The molecule has 18 heavy (non-hydrogen) atoms. The third kappa shape index (κ3) is 3.87. The zero-order valence-corrected chi connectivity index (χ0v) is 10.8. The number of hydrogen-bond donors (Lipinski definition) is 1. The summed E-state index contributed by atoms with van der Waals surface area (Å²) in [7, 11) is 0. The molecule has 0 aliphatic rings. The zero-order valence-electron chi connectivity index (χ0n) is 10.8. The van der Waals surface area contributed by atoms with Crippen molar-refractivity contribution in [2.75, 3.05) is 13.1 Å². The molecule has 100 valence electrons. The largest absolute Gasteiger partial charge is 0.480 e. The highest BCUT2D eigenvalue weighted by Gasteiger charge is 2.17. The van der Waals surface area contributed by atoms with E-state index in [4.69, 9.17) is 5.11 Å². The summed E-state index contributed by atoms with van der Waals surface area (Å²) < 4.78 is 1.26. The number of hydrogen-bond acceptors (Lipinski definition) is 3. The molecule has 6 nitrogen and oxygen atoms in total. The van der Waals surface area contributed by atoms with Crippen LogP contribution in [0.4, 0.5) is 0 Å². The summed E-state index contributed by atoms with van der Waals surface area (Å²) in [5, 5.41) is 12.6. The fraction of sp³-hybridized carbons (Fsp3) is 0.583. The van der Waals surface area contributed by atoms with Gasteiger partial charge in [0.1, 0.15) is 12.2 Å².